The topological polar surface area (TPSA) is 50.1 Å². The molecule has 0 fully saturated rings. The van der Waals surface area contributed by atoms with Crippen LogP contribution in [0.15, 0.2) is 309 Å². The number of hydrogen-bond acceptors (Lipinski definition) is 5. The molecule has 582 valence electrons. The Morgan fingerprint density at radius 3 is 0.983 bits per heavy atom. The predicted octanol–water partition coefficient (Wildman–Crippen LogP) is 28.2. The molecule has 2 aliphatic heterocycles. The molecular weight excluding hydrogens is 1430 g/mol. The molecule has 0 atom stereocenters. The third-order valence-corrected chi connectivity index (χ3v) is 23.6. The van der Waals surface area contributed by atoms with E-state index in [1.165, 1.54) is 0 Å². The molecule has 0 bridgehead atoms. The van der Waals surface area contributed by atoms with Crippen molar-refractivity contribution >= 4 is 79.0 Å². The van der Waals surface area contributed by atoms with Crippen molar-refractivity contribution in [3.8, 4) is 95.5 Å². The molecule has 0 radical (unpaired) electrons. The van der Waals surface area contributed by atoms with Crippen LogP contribution in [0.25, 0.3) is 117 Å². The lowest BCUT2D eigenvalue weighted by Crippen LogP contribution is -2.61. The summed E-state index contributed by atoms with van der Waals surface area (Å²) in [6.07, 6.45) is 0. The van der Waals surface area contributed by atoms with Gasteiger partial charge in [0, 0.05) is 66.9 Å². The van der Waals surface area contributed by atoms with Gasteiger partial charge in [0.2, 0.25) is 0 Å². The van der Waals surface area contributed by atoms with Crippen LogP contribution in [0.5, 0.6) is 0 Å². The number of rotatable bonds is 11. The molecule has 0 aliphatic carbocycles. The molecule has 6 nitrogen and oxygen atoms in total. The maximum atomic E-state index is 9.87. The summed E-state index contributed by atoms with van der Waals surface area (Å²) in [7, 11) is 0. The van der Waals surface area contributed by atoms with Crippen LogP contribution in [0.2, 0.25) is 0 Å². The Balaban J connectivity index is 1.12. The molecule has 4 heterocycles. The first-order chi connectivity index (χ1) is 62.5. The fourth-order valence-corrected chi connectivity index (χ4v) is 17.0. The summed E-state index contributed by atoms with van der Waals surface area (Å²) in [6, 6.07) is 68.5. The van der Waals surface area contributed by atoms with Gasteiger partial charge in [-0.25, -0.2) is 15.0 Å². The van der Waals surface area contributed by atoms with Gasteiger partial charge in [0.15, 0.2) is 17.5 Å². The van der Waals surface area contributed by atoms with Crippen molar-refractivity contribution < 1.29 is 20.6 Å². The fraction of sp³-hybridized carbons (Fsp3) is 0.216. The zero-order valence-electron chi connectivity index (χ0n) is 85.5. The Hall–Kier alpha value is -12.4. The standard InChI is InChI=1S/C111H105BN6/c1-106(2,3)79-51-55-94-89(62-79)90-63-80(107(4,5)6)52-56-95(90)116(94)85-68-98-100-99(69-85)118(102-88(73-43-31-22-32-44-73)66-84(111(16,17)18)67-91(102)105-114-103(74-45-33-23-34-46-74)113-104(115-105)75-47-35-24-36-48-75)97-60-77(78-57-81(108(7,8)9)61-82(58-78)109(10,11)12)50-54-93(97)112(100)92-53-49-76(70-37-25-19-26-38-70)59-96(92)117(98)101-86(71-39-27-20-28-40-71)64-83(110(13,14)15)65-87(101)72-41-29-21-30-42-72/h19-69H,1-18H3/i19D,23D,24D,25D,26D,33D,34D,35D,36D,37D,38D,45D,46D,47D,48D. The molecule has 2 aliphatic rings. The molecule has 7 heteroatoms. The number of aromatic nitrogens is 4. The largest absolute Gasteiger partial charge is 0.310 e. The van der Waals surface area contributed by atoms with Crippen LogP contribution in [-0.2, 0) is 32.5 Å². The first-order valence-electron chi connectivity index (χ1n) is 48.4. The van der Waals surface area contributed by atoms with Crippen LogP contribution < -0.4 is 26.2 Å². The molecule has 2 aromatic heterocycles. The molecule has 0 amide bonds. The Labute approximate surface area is 720 Å². The summed E-state index contributed by atoms with van der Waals surface area (Å²) in [5, 5.41) is 2.03. The van der Waals surface area contributed by atoms with E-state index in [-0.39, 0.29) is 45.1 Å². The normalized spacial score (nSPS) is 14.9. The van der Waals surface area contributed by atoms with E-state index < -0.39 is 119 Å². The number of nitrogens with zero attached hydrogens (tertiary/aromatic N) is 6. The van der Waals surface area contributed by atoms with Crippen molar-refractivity contribution in [2.24, 2.45) is 0 Å². The second-order valence-corrected chi connectivity index (χ2v) is 37.9. The van der Waals surface area contributed by atoms with Crippen LogP contribution in [0.4, 0.5) is 34.1 Å². The van der Waals surface area contributed by atoms with E-state index in [1.807, 2.05) is 48.5 Å². The highest BCUT2D eigenvalue weighted by molar-refractivity contribution is 7.00. The van der Waals surface area contributed by atoms with Crippen molar-refractivity contribution in [2.75, 3.05) is 9.80 Å². The molecular formula is C111H105BN6. The third kappa shape index (κ3) is 13.9. The molecule has 16 aromatic rings. The first-order valence-corrected chi connectivity index (χ1v) is 40.9. The quantitative estimate of drug-likeness (QED) is 0.121. The fourth-order valence-electron chi connectivity index (χ4n) is 17.0. The lowest BCUT2D eigenvalue weighted by Gasteiger charge is -2.46. The van der Waals surface area contributed by atoms with Crippen molar-refractivity contribution in [3.63, 3.8) is 0 Å². The van der Waals surface area contributed by atoms with Gasteiger partial charge >= 0.3 is 0 Å². The summed E-state index contributed by atoms with van der Waals surface area (Å²) >= 11 is 0. The average Bonchev–Trinajstić information content (AvgIpc) is 1.42. The van der Waals surface area contributed by atoms with Gasteiger partial charge in [-0.05, 0) is 194 Å². The van der Waals surface area contributed by atoms with E-state index in [2.05, 4.69) is 309 Å². The van der Waals surface area contributed by atoms with Gasteiger partial charge in [-0.15, -0.1) is 0 Å². The Morgan fingerprint density at radius 2 is 0.602 bits per heavy atom. The van der Waals surface area contributed by atoms with Gasteiger partial charge in [0.25, 0.3) is 6.71 Å². The van der Waals surface area contributed by atoms with Gasteiger partial charge in [-0.3, -0.25) is 0 Å². The molecule has 0 unspecified atom stereocenters. The Kier molecular flexibility index (Phi) is 14.8. The summed E-state index contributed by atoms with van der Waals surface area (Å²) in [5.74, 6) is -1.01. The van der Waals surface area contributed by atoms with Gasteiger partial charge in [0.1, 0.15) is 0 Å². The number of fused-ring (bicyclic) bond motifs is 7. The van der Waals surface area contributed by atoms with E-state index in [1.54, 1.807) is 0 Å². The average molecular weight is 1550 g/mol. The Bertz CT molecular complexity index is 7240. The van der Waals surface area contributed by atoms with Crippen molar-refractivity contribution in [3.05, 3.63) is 342 Å². The Morgan fingerprint density at radius 1 is 0.263 bits per heavy atom. The van der Waals surface area contributed by atoms with Crippen LogP contribution in [0.1, 0.15) is 179 Å². The SMILES string of the molecule is [2H]c1c([2H])c([2H])c(-c2ccc3c(c2)N(c2c(-c4ccccc4)cc(C(C)(C)C)cc2-c2ccccc2)c2cc(-n4c5ccc(C(C)(C)C)cc5c5cc(C(C)(C)C)ccc54)cc4c2B3c2ccc(-c3cc(C(C)(C)C)cc(C(C)(C)C)c3)cc2N4c2c(-c3ccccc3)cc(C(C)(C)C)cc2-c2nc(-c3c([2H])c([2H])c([2H])c([2H])c3[2H])nc(-c3c([2H])c([2H])c([2H])c([2H])c3[2H])n2)c([2H])c1[2H]. The van der Waals surface area contributed by atoms with Gasteiger partial charge in [-0.2, -0.15) is 0 Å². The zero-order chi connectivity index (χ0) is 95.3. The molecule has 0 N–H and O–H groups in total. The monoisotopic (exact) mass is 1550 g/mol. The lowest BCUT2D eigenvalue weighted by molar-refractivity contribution is 0.569. The van der Waals surface area contributed by atoms with Crippen LogP contribution >= 0.6 is 0 Å². The van der Waals surface area contributed by atoms with Gasteiger partial charge in [-0.1, -0.05) is 361 Å². The number of hydrogen-bond donors (Lipinski definition) is 0. The molecule has 0 saturated carbocycles. The minimum absolute atomic E-state index is 0.0209. The molecule has 118 heavy (non-hydrogen) atoms. The minimum atomic E-state index is -0.747. The van der Waals surface area contributed by atoms with Crippen molar-refractivity contribution in [1.82, 2.24) is 19.5 Å². The van der Waals surface area contributed by atoms with E-state index in [4.69, 9.17) is 19.1 Å². The predicted molar refractivity (Wildman–Crippen MR) is 504 cm³/mol. The van der Waals surface area contributed by atoms with E-state index in [9.17, 15) is 16.4 Å². The van der Waals surface area contributed by atoms with Crippen LogP contribution in [-0.4, -0.2) is 26.2 Å². The van der Waals surface area contributed by atoms with Crippen LogP contribution in [0.3, 0.4) is 0 Å². The molecule has 18 rings (SSSR count). The second kappa shape index (κ2) is 28.7. The minimum Gasteiger partial charge on any atom is -0.310 e. The second-order valence-electron chi connectivity index (χ2n) is 37.9. The maximum Gasteiger partial charge on any atom is 0.252 e. The zero-order valence-corrected chi connectivity index (χ0v) is 70.5. The summed E-state index contributed by atoms with van der Waals surface area (Å²) in [5.41, 5.74) is 19.3. The van der Waals surface area contributed by atoms with Gasteiger partial charge < -0.3 is 14.4 Å². The number of anilines is 6. The van der Waals surface area contributed by atoms with E-state index >= 15 is 0 Å². The molecule has 14 aromatic carbocycles. The highest BCUT2D eigenvalue weighted by Gasteiger charge is 2.47. The van der Waals surface area contributed by atoms with Gasteiger partial charge in [0.05, 0.1) is 48.7 Å². The summed E-state index contributed by atoms with van der Waals surface area (Å²) in [6.45, 7) is 39.0. The van der Waals surface area contributed by atoms with Crippen molar-refractivity contribution in [1.29, 1.82) is 0 Å². The van der Waals surface area contributed by atoms with E-state index in [0.717, 1.165) is 116 Å². The first kappa shape index (κ1) is 61.0. The smallest absolute Gasteiger partial charge is 0.252 e. The maximum absolute atomic E-state index is 9.87. The molecule has 0 saturated heterocycles. The highest BCUT2D eigenvalue weighted by Crippen LogP contribution is 2.56. The summed E-state index contributed by atoms with van der Waals surface area (Å²) in [4.78, 5) is 20.5. The van der Waals surface area contributed by atoms with Crippen molar-refractivity contribution in [2.45, 2.75) is 157 Å². The third-order valence-electron chi connectivity index (χ3n) is 23.6. The van der Waals surface area contributed by atoms with E-state index in [0.29, 0.717) is 50.8 Å². The number of benzene rings is 14. The van der Waals surface area contributed by atoms with Crippen LogP contribution in [0, 0.1) is 0 Å². The lowest BCUT2D eigenvalue weighted by atomic mass is 9.33. The molecule has 0 spiro atoms. The highest BCUT2D eigenvalue weighted by atomic mass is 15.2. The summed E-state index contributed by atoms with van der Waals surface area (Å²) < 4.78 is 144.